The van der Waals surface area contributed by atoms with Crippen molar-refractivity contribution in [2.45, 2.75) is 19.3 Å². The first kappa shape index (κ1) is 7.95. The SMILES string of the molecule is ON=CCCCCBr. The Morgan fingerprint density at radius 3 is 2.75 bits per heavy atom. The van der Waals surface area contributed by atoms with Gasteiger partial charge in [0.05, 0.1) is 0 Å². The fraction of sp³-hybridized carbons (Fsp3) is 0.800. The van der Waals surface area contributed by atoms with Crippen LogP contribution in [-0.4, -0.2) is 16.8 Å². The lowest BCUT2D eigenvalue weighted by Gasteiger charge is -1.86. The molecule has 0 aromatic carbocycles. The Bertz CT molecular complexity index is 65.4. The van der Waals surface area contributed by atoms with Crippen molar-refractivity contribution in [2.24, 2.45) is 5.16 Å². The number of halogens is 1. The molecule has 0 amide bonds. The molecule has 0 bridgehead atoms. The van der Waals surface area contributed by atoms with Crippen LogP contribution >= 0.6 is 15.9 Å². The summed E-state index contributed by atoms with van der Waals surface area (Å²) in [6, 6.07) is 0. The van der Waals surface area contributed by atoms with E-state index in [2.05, 4.69) is 21.1 Å². The van der Waals surface area contributed by atoms with E-state index in [-0.39, 0.29) is 0 Å². The minimum absolute atomic E-state index is 0.877. The molecule has 0 aliphatic heterocycles. The van der Waals surface area contributed by atoms with Crippen LogP contribution in [0.5, 0.6) is 0 Å². The van der Waals surface area contributed by atoms with Crippen molar-refractivity contribution in [3.63, 3.8) is 0 Å². The Labute approximate surface area is 57.7 Å². The van der Waals surface area contributed by atoms with Gasteiger partial charge in [-0.1, -0.05) is 15.9 Å². The van der Waals surface area contributed by atoms with Crippen molar-refractivity contribution in [1.29, 1.82) is 0 Å². The summed E-state index contributed by atoms with van der Waals surface area (Å²) < 4.78 is 0. The Kier molecular flexibility index (Phi) is 6.91. The first-order valence-electron chi connectivity index (χ1n) is 2.63. The van der Waals surface area contributed by atoms with Gasteiger partial charge in [-0.25, -0.2) is 0 Å². The average molecular weight is 180 g/mol. The molecule has 3 heteroatoms. The molecule has 0 aliphatic carbocycles. The van der Waals surface area contributed by atoms with E-state index in [0.717, 1.165) is 24.6 Å². The van der Waals surface area contributed by atoms with E-state index >= 15 is 0 Å². The minimum Gasteiger partial charge on any atom is -0.411 e. The third-order valence-corrected chi connectivity index (χ3v) is 1.36. The molecule has 0 aliphatic rings. The lowest BCUT2D eigenvalue weighted by molar-refractivity contribution is 0.320. The summed E-state index contributed by atoms with van der Waals surface area (Å²) in [5, 5.41) is 11.8. The maximum absolute atomic E-state index is 7.92. The number of oxime groups is 1. The van der Waals surface area contributed by atoms with Crippen LogP contribution < -0.4 is 0 Å². The van der Waals surface area contributed by atoms with Gasteiger partial charge in [-0.3, -0.25) is 0 Å². The normalized spacial score (nSPS) is 10.6. The third-order valence-electron chi connectivity index (χ3n) is 0.799. The predicted octanol–water partition coefficient (Wildman–Crippen LogP) is 2.01. The highest BCUT2D eigenvalue weighted by atomic mass is 79.9. The molecule has 0 radical (unpaired) electrons. The van der Waals surface area contributed by atoms with Crippen LogP contribution in [0.2, 0.25) is 0 Å². The molecule has 0 fully saturated rings. The summed E-state index contributed by atoms with van der Waals surface area (Å²) in [4.78, 5) is 0. The Balaban J connectivity index is 2.72. The molecule has 8 heavy (non-hydrogen) atoms. The minimum atomic E-state index is 0.877. The largest absolute Gasteiger partial charge is 0.411 e. The maximum atomic E-state index is 7.92. The Morgan fingerprint density at radius 1 is 1.50 bits per heavy atom. The Hall–Kier alpha value is -0.0500. The van der Waals surface area contributed by atoms with Gasteiger partial charge in [0.25, 0.3) is 0 Å². The van der Waals surface area contributed by atoms with Gasteiger partial charge in [-0.2, -0.15) is 0 Å². The van der Waals surface area contributed by atoms with Crippen molar-refractivity contribution in [1.82, 2.24) is 0 Å². The van der Waals surface area contributed by atoms with Crippen LogP contribution in [0.3, 0.4) is 0 Å². The number of alkyl halides is 1. The fourth-order valence-corrected chi connectivity index (χ4v) is 0.784. The van der Waals surface area contributed by atoms with Gasteiger partial charge >= 0.3 is 0 Å². The Morgan fingerprint density at radius 2 is 2.25 bits per heavy atom. The second-order valence-electron chi connectivity index (χ2n) is 1.48. The zero-order valence-corrected chi connectivity index (χ0v) is 6.26. The molecule has 2 nitrogen and oxygen atoms in total. The zero-order chi connectivity index (χ0) is 6.24. The van der Waals surface area contributed by atoms with Gasteiger partial charge in [-0.05, 0) is 19.3 Å². The fourth-order valence-electron chi connectivity index (χ4n) is 0.388. The van der Waals surface area contributed by atoms with Gasteiger partial charge < -0.3 is 5.21 Å². The number of rotatable bonds is 4. The summed E-state index contributed by atoms with van der Waals surface area (Å²) in [6.45, 7) is 0. The number of hydrogen-bond donors (Lipinski definition) is 1. The monoisotopic (exact) mass is 179 g/mol. The van der Waals surface area contributed by atoms with Crippen LogP contribution in [0.15, 0.2) is 5.16 Å². The van der Waals surface area contributed by atoms with E-state index in [1.165, 1.54) is 6.21 Å². The average Bonchev–Trinajstić information content (AvgIpc) is 1.81. The topological polar surface area (TPSA) is 32.6 Å². The van der Waals surface area contributed by atoms with Gasteiger partial charge in [-0.15, -0.1) is 5.16 Å². The summed E-state index contributed by atoms with van der Waals surface area (Å²) >= 11 is 3.29. The second kappa shape index (κ2) is 6.95. The first-order valence-corrected chi connectivity index (χ1v) is 3.76. The van der Waals surface area contributed by atoms with Crippen LogP contribution in [-0.2, 0) is 0 Å². The maximum Gasteiger partial charge on any atom is 0.0435 e. The lowest BCUT2D eigenvalue weighted by atomic mass is 10.3. The number of hydrogen-bond acceptors (Lipinski definition) is 2. The van der Waals surface area contributed by atoms with Crippen LogP contribution in [0.25, 0.3) is 0 Å². The molecule has 0 rings (SSSR count). The molecule has 48 valence electrons. The van der Waals surface area contributed by atoms with Crippen molar-refractivity contribution < 1.29 is 5.21 Å². The highest BCUT2D eigenvalue weighted by molar-refractivity contribution is 9.09. The van der Waals surface area contributed by atoms with E-state index in [9.17, 15) is 0 Å². The zero-order valence-electron chi connectivity index (χ0n) is 4.68. The van der Waals surface area contributed by atoms with Crippen LogP contribution in [0.1, 0.15) is 19.3 Å². The predicted molar refractivity (Wildman–Crippen MR) is 37.9 cm³/mol. The molecule has 0 atom stereocenters. The molecule has 0 aromatic heterocycles. The van der Waals surface area contributed by atoms with Crippen molar-refractivity contribution in [3.8, 4) is 0 Å². The first-order chi connectivity index (χ1) is 3.91. The van der Waals surface area contributed by atoms with E-state index < -0.39 is 0 Å². The second-order valence-corrected chi connectivity index (χ2v) is 2.28. The molecule has 1 N–H and O–H groups in total. The van der Waals surface area contributed by atoms with E-state index in [1.54, 1.807) is 0 Å². The van der Waals surface area contributed by atoms with Gasteiger partial charge in [0, 0.05) is 11.5 Å². The molecule has 0 unspecified atom stereocenters. The summed E-state index contributed by atoms with van der Waals surface area (Å²) in [6.07, 6.45) is 4.63. The van der Waals surface area contributed by atoms with E-state index in [0.29, 0.717) is 0 Å². The standard InChI is InChI=1S/C5H10BrNO/c6-4-2-1-3-5-7-8/h5,8H,1-4H2. The molecule has 0 saturated carbocycles. The molecule has 0 spiro atoms. The van der Waals surface area contributed by atoms with Crippen molar-refractivity contribution >= 4 is 22.1 Å². The number of nitrogens with zero attached hydrogens (tertiary/aromatic N) is 1. The van der Waals surface area contributed by atoms with Gasteiger partial charge in [0.1, 0.15) is 0 Å². The molecule has 0 heterocycles. The van der Waals surface area contributed by atoms with Gasteiger partial charge in [0.15, 0.2) is 0 Å². The molecule has 0 aromatic rings. The molecular formula is C5H10BrNO. The summed E-state index contributed by atoms with van der Waals surface area (Å²) in [7, 11) is 0. The third kappa shape index (κ3) is 5.95. The highest BCUT2D eigenvalue weighted by Gasteiger charge is 1.80. The number of unbranched alkanes of at least 4 members (excludes halogenated alkanes) is 2. The summed E-state index contributed by atoms with van der Waals surface area (Å²) in [5.74, 6) is 0. The van der Waals surface area contributed by atoms with Crippen LogP contribution in [0, 0.1) is 0 Å². The molecule has 0 saturated heterocycles. The highest BCUT2D eigenvalue weighted by Crippen LogP contribution is 1.95. The lowest BCUT2D eigenvalue weighted by Crippen LogP contribution is -1.77. The van der Waals surface area contributed by atoms with E-state index in [1.807, 2.05) is 0 Å². The smallest absolute Gasteiger partial charge is 0.0435 e. The van der Waals surface area contributed by atoms with Gasteiger partial charge in [0.2, 0.25) is 0 Å². The van der Waals surface area contributed by atoms with Crippen molar-refractivity contribution in [3.05, 3.63) is 0 Å². The summed E-state index contributed by atoms with van der Waals surface area (Å²) in [5.41, 5.74) is 0. The van der Waals surface area contributed by atoms with Crippen molar-refractivity contribution in [2.75, 3.05) is 5.33 Å². The van der Waals surface area contributed by atoms with E-state index in [4.69, 9.17) is 5.21 Å². The quantitative estimate of drug-likeness (QED) is 0.232. The molecular weight excluding hydrogens is 170 g/mol. The van der Waals surface area contributed by atoms with Crippen LogP contribution in [0.4, 0.5) is 0 Å².